The summed E-state index contributed by atoms with van der Waals surface area (Å²) in [4.78, 5) is 0. The summed E-state index contributed by atoms with van der Waals surface area (Å²) in [5.74, 6) is 0.531. The van der Waals surface area contributed by atoms with Gasteiger partial charge in [-0.3, -0.25) is 0 Å². The van der Waals surface area contributed by atoms with Gasteiger partial charge in [0.1, 0.15) is 11.6 Å². The van der Waals surface area contributed by atoms with Crippen molar-refractivity contribution in [1.82, 2.24) is 5.32 Å². The number of nitrogens with one attached hydrogen (secondary N) is 1. The minimum absolute atomic E-state index is 0.0981. The number of rotatable bonds is 5. The van der Waals surface area contributed by atoms with E-state index in [9.17, 15) is 4.39 Å². The zero-order valence-electron chi connectivity index (χ0n) is 12.4. The molecular weight excluding hydrogens is 289 g/mol. The third kappa shape index (κ3) is 3.96. The summed E-state index contributed by atoms with van der Waals surface area (Å²) < 4.78 is 18.4. The second-order valence-electron chi connectivity index (χ2n) is 5.08. The number of ether oxygens (including phenoxy) is 1. The van der Waals surface area contributed by atoms with Crippen LogP contribution in [0.3, 0.4) is 0 Å². The van der Waals surface area contributed by atoms with Crippen molar-refractivity contribution in [2.75, 3.05) is 7.11 Å². The van der Waals surface area contributed by atoms with Gasteiger partial charge in [0.2, 0.25) is 0 Å². The Labute approximate surface area is 129 Å². The standard InChI is InChI=1S/C17H19ClFNO/c1-11-4-7-17(21-3)15(8-11)12(2)20-10-13-5-6-14(19)9-16(13)18/h4-9,12,20H,10H2,1-3H3. The maximum absolute atomic E-state index is 13.0. The maximum Gasteiger partial charge on any atom is 0.124 e. The fourth-order valence-electron chi connectivity index (χ4n) is 2.23. The number of methoxy groups -OCH3 is 1. The summed E-state index contributed by atoms with van der Waals surface area (Å²) in [6.07, 6.45) is 0. The Kier molecular flexibility index (Phi) is 5.21. The predicted molar refractivity (Wildman–Crippen MR) is 84.4 cm³/mol. The lowest BCUT2D eigenvalue weighted by atomic mass is 10.0. The molecule has 4 heteroatoms. The molecule has 0 aliphatic heterocycles. The van der Waals surface area contributed by atoms with Crippen molar-refractivity contribution in [2.24, 2.45) is 0 Å². The van der Waals surface area contributed by atoms with E-state index < -0.39 is 0 Å². The molecule has 2 aromatic rings. The summed E-state index contributed by atoms with van der Waals surface area (Å²) >= 11 is 6.04. The highest BCUT2D eigenvalue weighted by molar-refractivity contribution is 6.31. The van der Waals surface area contributed by atoms with E-state index in [-0.39, 0.29) is 11.9 Å². The quantitative estimate of drug-likeness (QED) is 0.868. The molecule has 2 nitrogen and oxygen atoms in total. The highest BCUT2D eigenvalue weighted by Crippen LogP contribution is 2.27. The lowest BCUT2D eigenvalue weighted by molar-refractivity contribution is 0.401. The summed E-state index contributed by atoms with van der Waals surface area (Å²) in [5.41, 5.74) is 3.14. The van der Waals surface area contributed by atoms with Crippen LogP contribution in [0.4, 0.5) is 4.39 Å². The normalized spacial score (nSPS) is 12.2. The predicted octanol–water partition coefficient (Wildman–Crippen LogP) is 4.65. The largest absolute Gasteiger partial charge is 0.496 e. The van der Waals surface area contributed by atoms with E-state index in [1.165, 1.54) is 17.7 Å². The van der Waals surface area contributed by atoms with Crippen molar-refractivity contribution in [3.05, 3.63) is 63.9 Å². The number of aryl methyl sites for hydroxylation is 1. The first-order valence-corrected chi connectivity index (χ1v) is 7.21. The minimum atomic E-state index is -0.322. The van der Waals surface area contributed by atoms with E-state index in [1.807, 2.05) is 19.1 Å². The molecule has 0 saturated heterocycles. The van der Waals surface area contributed by atoms with Gasteiger partial charge in [-0.15, -0.1) is 0 Å². The third-order valence-electron chi connectivity index (χ3n) is 3.47. The summed E-state index contributed by atoms with van der Waals surface area (Å²) in [7, 11) is 1.66. The van der Waals surface area contributed by atoms with Crippen LogP contribution in [0.2, 0.25) is 5.02 Å². The molecule has 0 fully saturated rings. The molecule has 0 aliphatic carbocycles. The van der Waals surface area contributed by atoms with Crippen LogP contribution >= 0.6 is 11.6 Å². The van der Waals surface area contributed by atoms with Crippen molar-refractivity contribution in [3.8, 4) is 5.75 Å². The fraction of sp³-hybridized carbons (Fsp3) is 0.294. The average Bonchev–Trinajstić information content (AvgIpc) is 2.46. The van der Waals surface area contributed by atoms with E-state index in [1.54, 1.807) is 13.2 Å². The smallest absolute Gasteiger partial charge is 0.124 e. The van der Waals surface area contributed by atoms with Gasteiger partial charge >= 0.3 is 0 Å². The van der Waals surface area contributed by atoms with E-state index in [2.05, 4.69) is 18.3 Å². The highest BCUT2D eigenvalue weighted by atomic mass is 35.5. The number of hydrogen-bond donors (Lipinski definition) is 1. The van der Waals surface area contributed by atoms with Gasteiger partial charge in [0, 0.05) is 23.2 Å². The van der Waals surface area contributed by atoms with Gasteiger partial charge in [0.05, 0.1) is 7.11 Å². The number of halogens is 2. The molecule has 0 spiro atoms. The van der Waals surface area contributed by atoms with Crippen molar-refractivity contribution in [1.29, 1.82) is 0 Å². The van der Waals surface area contributed by atoms with Gasteiger partial charge < -0.3 is 10.1 Å². The summed E-state index contributed by atoms with van der Waals surface area (Å²) in [6, 6.07) is 10.6. The first-order valence-electron chi connectivity index (χ1n) is 6.83. The van der Waals surface area contributed by atoms with Crippen LogP contribution in [-0.2, 0) is 6.54 Å². The SMILES string of the molecule is COc1ccc(C)cc1C(C)NCc1ccc(F)cc1Cl. The van der Waals surface area contributed by atoms with E-state index in [0.29, 0.717) is 11.6 Å². The first kappa shape index (κ1) is 15.8. The van der Waals surface area contributed by atoms with Gasteiger partial charge in [-0.05, 0) is 37.6 Å². The highest BCUT2D eigenvalue weighted by Gasteiger charge is 2.12. The Balaban J connectivity index is 2.11. The molecule has 2 rings (SSSR count). The van der Waals surface area contributed by atoms with Crippen LogP contribution in [0.15, 0.2) is 36.4 Å². The molecule has 0 saturated carbocycles. The van der Waals surface area contributed by atoms with Gasteiger partial charge in [0.15, 0.2) is 0 Å². The molecule has 0 bridgehead atoms. The van der Waals surface area contributed by atoms with E-state index >= 15 is 0 Å². The van der Waals surface area contributed by atoms with E-state index in [4.69, 9.17) is 16.3 Å². The van der Waals surface area contributed by atoms with Crippen LogP contribution in [0, 0.1) is 12.7 Å². The van der Waals surface area contributed by atoms with Crippen LogP contribution in [0.1, 0.15) is 29.7 Å². The monoisotopic (exact) mass is 307 g/mol. The molecule has 0 heterocycles. The van der Waals surface area contributed by atoms with Gasteiger partial charge in [-0.1, -0.05) is 35.4 Å². The molecule has 112 valence electrons. The van der Waals surface area contributed by atoms with Crippen LogP contribution in [0.25, 0.3) is 0 Å². The lowest BCUT2D eigenvalue weighted by Gasteiger charge is -2.18. The fourth-order valence-corrected chi connectivity index (χ4v) is 2.46. The molecule has 2 aromatic carbocycles. The second-order valence-corrected chi connectivity index (χ2v) is 5.49. The third-order valence-corrected chi connectivity index (χ3v) is 3.82. The molecule has 1 N–H and O–H groups in total. The molecule has 21 heavy (non-hydrogen) atoms. The maximum atomic E-state index is 13.0. The molecule has 1 unspecified atom stereocenters. The Bertz CT molecular complexity index is 630. The lowest BCUT2D eigenvalue weighted by Crippen LogP contribution is -2.19. The van der Waals surface area contributed by atoms with Gasteiger partial charge in [-0.25, -0.2) is 4.39 Å². The Morgan fingerprint density at radius 2 is 2.00 bits per heavy atom. The number of hydrogen-bond acceptors (Lipinski definition) is 2. The Morgan fingerprint density at radius 1 is 1.24 bits per heavy atom. The molecule has 0 aromatic heterocycles. The molecule has 0 amide bonds. The van der Waals surface area contributed by atoms with Gasteiger partial charge in [-0.2, -0.15) is 0 Å². The molecular formula is C17H19ClFNO. The minimum Gasteiger partial charge on any atom is -0.496 e. The van der Waals surface area contributed by atoms with Crippen molar-refractivity contribution >= 4 is 11.6 Å². The first-order chi connectivity index (χ1) is 10.0. The van der Waals surface area contributed by atoms with Crippen LogP contribution in [0.5, 0.6) is 5.75 Å². The summed E-state index contributed by atoms with van der Waals surface area (Å²) in [5, 5.41) is 3.83. The Hall–Kier alpha value is -1.58. The Morgan fingerprint density at radius 3 is 2.67 bits per heavy atom. The second kappa shape index (κ2) is 6.92. The van der Waals surface area contributed by atoms with Crippen molar-refractivity contribution in [2.45, 2.75) is 26.4 Å². The van der Waals surface area contributed by atoms with Crippen molar-refractivity contribution in [3.63, 3.8) is 0 Å². The van der Waals surface area contributed by atoms with Gasteiger partial charge in [0.25, 0.3) is 0 Å². The topological polar surface area (TPSA) is 21.3 Å². The zero-order valence-corrected chi connectivity index (χ0v) is 13.2. The number of benzene rings is 2. The molecule has 1 atom stereocenters. The van der Waals surface area contributed by atoms with Crippen LogP contribution in [-0.4, -0.2) is 7.11 Å². The summed E-state index contributed by atoms with van der Waals surface area (Å²) in [6.45, 7) is 4.68. The molecule has 0 radical (unpaired) electrons. The average molecular weight is 308 g/mol. The van der Waals surface area contributed by atoms with Crippen molar-refractivity contribution < 1.29 is 9.13 Å². The van der Waals surface area contributed by atoms with E-state index in [0.717, 1.165) is 16.9 Å². The molecule has 0 aliphatic rings. The zero-order chi connectivity index (χ0) is 15.4. The van der Waals surface area contributed by atoms with Crippen LogP contribution < -0.4 is 10.1 Å².